The summed E-state index contributed by atoms with van der Waals surface area (Å²) in [5.41, 5.74) is 0.463. The van der Waals surface area contributed by atoms with Crippen molar-refractivity contribution in [3.8, 4) is 17.2 Å². The molecule has 2 aliphatic heterocycles. The first kappa shape index (κ1) is 20.1. The maximum atomic E-state index is 10.3. The van der Waals surface area contributed by atoms with Gasteiger partial charge < -0.3 is 49.2 Å². The van der Waals surface area contributed by atoms with E-state index in [1.54, 1.807) is 0 Å². The van der Waals surface area contributed by atoms with Crippen LogP contribution >= 0.6 is 0 Å². The summed E-state index contributed by atoms with van der Waals surface area (Å²) in [6.07, 6.45) is -7.63. The van der Waals surface area contributed by atoms with Crippen molar-refractivity contribution in [3.05, 3.63) is 17.7 Å². The van der Waals surface area contributed by atoms with Gasteiger partial charge in [0.15, 0.2) is 17.8 Å². The van der Waals surface area contributed by atoms with Gasteiger partial charge in [-0.05, 0) is 17.7 Å². The zero-order valence-corrected chi connectivity index (χ0v) is 14.9. The number of hydrogen-bond acceptors (Lipinski definition) is 10. The first-order chi connectivity index (χ1) is 12.9. The van der Waals surface area contributed by atoms with E-state index in [0.29, 0.717) is 5.56 Å². The third-order valence-corrected chi connectivity index (χ3v) is 4.79. The lowest BCUT2D eigenvalue weighted by atomic mass is 9.95. The fourth-order valence-corrected chi connectivity index (χ4v) is 3.32. The number of aromatic hydroxyl groups is 1. The molecular weight excluding hydrogens is 364 g/mol. The highest BCUT2D eigenvalue weighted by Gasteiger charge is 2.51. The SMILES string of the molecule is COc1cc(C2O[C@H]3[C@@H](OC2CO)O[C@H](CO)[C@@H](O)[C@@H]3O)cc(OC)c1O. The summed E-state index contributed by atoms with van der Waals surface area (Å²) in [6, 6.07) is 3.00. The molecule has 1 aromatic rings. The molecular formula is C17H24O10. The third-order valence-electron chi connectivity index (χ3n) is 4.79. The van der Waals surface area contributed by atoms with Crippen molar-refractivity contribution in [1.29, 1.82) is 0 Å². The summed E-state index contributed by atoms with van der Waals surface area (Å²) >= 11 is 0. The zero-order valence-electron chi connectivity index (χ0n) is 14.9. The van der Waals surface area contributed by atoms with Crippen LogP contribution in [-0.4, -0.2) is 89.8 Å². The molecule has 0 bridgehead atoms. The van der Waals surface area contributed by atoms with Crippen LogP contribution in [0.25, 0.3) is 0 Å². The molecule has 0 aromatic heterocycles. The van der Waals surface area contributed by atoms with Gasteiger partial charge in [-0.1, -0.05) is 0 Å². The molecule has 0 radical (unpaired) electrons. The highest BCUT2D eigenvalue weighted by molar-refractivity contribution is 5.53. The molecule has 10 heteroatoms. The molecule has 0 amide bonds. The maximum Gasteiger partial charge on any atom is 0.200 e. The normalized spacial score (nSPS) is 36.1. The Bertz CT molecular complexity index is 628. The fraction of sp³-hybridized carbons (Fsp3) is 0.647. The molecule has 10 nitrogen and oxygen atoms in total. The Morgan fingerprint density at radius 2 is 1.44 bits per heavy atom. The first-order valence-electron chi connectivity index (χ1n) is 8.44. The van der Waals surface area contributed by atoms with E-state index in [9.17, 15) is 25.5 Å². The van der Waals surface area contributed by atoms with Crippen LogP contribution in [0.15, 0.2) is 12.1 Å². The van der Waals surface area contributed by atoms with Gasteiger partial charge in [-0.2, -0.15) is 0 Å². The Kier molecular flexibility index (Phi) is 6.06. The van der Waals surface area contributed by atoms with Crippen molar-refractivity contribution in [2.24, 2.45) is 0 Å². The molecule has 0 saturated carbocycles. The van der Waals surface area contributed by atoms with Gasteiger partial charge in [0.05, 0.1) is 27.4 Å². The number of phenolic OH excluding ortho intramolecular Hbond substituents is 1. The number of hydrogen-bond donors (Lipinski definition) is 5. The molecule has 2 unspecified atom stereocenters. The van der Waals surface area contributed by atoms with Crippen molar-refractivity contribution >= 4 is 0 Å². The van der Waals surface area contributed by atoms with Crippen molar-refractivity contribution < 1.29 is 49.2 Å². The maximum absolute atomic E-state index is 10.3. The van der Waals surface area contributed by atoms with E-state index in [0.717, 1.165) is 0 Å². The second-order valence-electron chi connectivity index (χ2n) is 6.36. The van der Waals surface area contributed by atoms with Crippen LogP contribution in [0.3, 0.4) is 0 Å². The Hall–Kier alpha value is -1.66. The minimum absolute atomic E-state index is 0.132. The van der Waals surface area contributed by atoms with Crippen molar-refractivity contribution in [2.75, 3.05) is 27.4 Å². The van der Waals surface area contributed by atoms with Crippen LogP contribution in [0.2, 0.25) is 0 Å². The summed E-state index contributed by atoms with van der Waals surface area (Å²) in [6.45, 7) is -0.935. The van der Waals surface area contributed by atoms with Crippen molar-refractivity contribution in [3.63, 3.8) is 0 Å². The van der Waals surface area contributed by atoms with Crippen molar-refractivity contribution in [1.82, 2.24) is 0 Å². The Balaban J connectivity index is 1.93. The lowest BCUT2D eigenvalue weighted by molar-refractivity contribution is -0.371. The Labute approximate surface area is 155 Å². The quantitative estimate of drug-likeness (QED) is 0.411. The molecule has 7 atom stereocenters. The fourth-order valence-electron chi connectivity index (χ4n) is 3.32. The van der Waals surface area contributed by atoms with Gasteiger partial charge in [0.25, 0.3) is 0 Å². The highest BCUT2D eigenvalue weighted by Crippen LogP contribution is 2.43. The second-order valence-corrected chi connectivity index (χ2v) is 6.36. The average molecular weight is 388 g/mol. The third kappa shape index (κ3) is 3.57. The summed E-state index contributed by atoms with van der Waals surface area (Å²) in [5, 5.41) is 49.5. The van der Waals surface area contributed by atoms with Gasteiger partial charge in [-0.25, -0.2) is 0 Å². The van der Waals surface area contributed by atoms with Gasteiger partial charge in [0.1, 0.15) is 36.6 Å². The Morgan fingerprint density at radius 3 is 1.96 bits per heavy atom. The van der Waals surface area contributed by atoms with Crippen LogP contribution in [0, 0.1) is 0 Å². The highest BCUT2D eigenvalue weighted by atomic mass is 16.7. The number of ether oxygens (including phenoxy) is 5. The number of benzene rings is 1. The average Bonchev–Trinajstić information content (AvgIpc) is 2.69. The summed E-state index contributed by atoms with van der Waals surface area (Å²) in [4.78, 5) is 0. The number of fused-ring (bicyclic) bond motifs is 1. The molecule has 2 aliphatic rings. The lowest BCUT2D eigenvalue weighted by Crippen LogP contribution is -2.63. The predicted octanol–water partition coefficient (Wildman–Crippen LogP) is -1.33. The van der Waals surface area contributed by atoms with Gasteiger partial charge in [-0.15, -0.1) is 0 Å². The molecule has 5 N–H and O–H groups in total. The molecule has 2 heterocycles. The summed E-state index contributed by atoms with van der Waals surface area (Å²) in [7, 11) is 2.75. The topological polar surface area (TPSA) is 147 Å². The molecule has 1 aromatic carbocycles. The molecule has 152 valence electrons. The number of methoxy groups -OCH3 is 2. The number of rotatable bonds is 5. The van der Waals surface area contributed by atoms with E-state index in [1.807, 2.05) is 0 Å². The number of phenols is 1. The largest absolute Gasteiger partial charge is 0.502 e. The molecule has 27 heavy (non-hydrogen) atoms. The predicted molar refractivity (Wildman–Crippen MR) is 88.5 cm³/mol. The molecule has 0 aliphatic carbocycles. The molecule has 2 saturated heterocycles. The molecule has 0 spiro atoms. The Morgan fingerprint density at radius 1 is 0.889 bits per heavy atom. The van der Waals surface area contributed by atoms with Crippen LogP contribution < -0.4 is 9.47 Å². The van der Waals surface area contributed by atoms with Gasteiger partial charge in [0.2, 0.25) is 5.75 Å². The van der Waals surface area contributed by atoms with E-state index in [1.165, 1.54) is 26.4 Å². The van der Waals surface area contributed by atoms with E-state index in [2.05, 4.69) is 0 Å². The second kappa shape index (κ2) is 8.15. The van der Waals surface area contributed by atoms with Gasteiger partial charge in [0, 0.05) is 0 Å². The van der Waals surface area contributed by atoms with Crippen LogP contribution in [-0.2, 0) is 14.2 Å². The smallest absolute Gasteiger partial charge is 0.200 e. The van der Waals surface area contributed by atoms with Crippen LogP contribution in [0.4, 0.5) is 0 Å². The van der Waals surface area contributed by atoms with E-state index in [-0.39, 0.29) is 17.2 Å². The zero-order chi connectivity index (χ0) is 19.7. The number of aliphatic hydroxyl groups excluding tert-OH is 4. The van der Waals surface area contributed by atoms with E-state index < -0.39 is 56.1 Å². The first-order valence-corrected chi connectivity index (χ1v) is 8.44. The summed E-state index contributed by atoms with van der Waals surface area (Å²) < 4.78 is 27.3. The molecule has 2 fully saturated rings. The monoisotopic (exact) mass is 388 g/mol. The minimum atomic E-state index is -1.37. The van der Waals surface area contributed by atoms with Crippen LogP contribution in [0.1, 0.15) is 11.7 Å². The van der Waals surface area contributed by atoms with E-state index in [4.69, 9.17) is 23.7 Å². The van der Waals surface area contributed by atoms with E-state index >= 15 is 0 Å². The molecule has 3 rings (SSSR count). The lowest BCUT2D eigenvalue weighted by Gasteiger charge is -2.48. The van der Waals surface area contributed by atoms with Gasteiger partial charge >= 0.3 is 0 Å². The van der Waals surface area contributed by atoms with Gasteiger partial charge in [-0.3, -0.25) is 0 Å². The standard InChI is InChI=1S/C17H24O10/c1-23-8-3-7(4-9(24-2)12(8)20)15-11(6-19)26-17-16(27-15)14(22)13(21)10(5-18)25-17/h3-4,10-11,13-22H,5-6H2,1-2H3/t10-,11?,13-,14+,15?,16-,17-/m1/s1. The minimum Gasteiger partial charge on any atom is -0.502 e. The van der Waals surface area contributed by atoms with Crippen LogP contribution in [0.5, 0.6) is 17.2 Å². The summed E-state index contributed by atoms with van der Waals surface area (Å²) in [5.74, 6) is 0.0707. The van der Waals surface area contributed by atoms with Crippen molar-refractivity contribution in [2.45, 2.75) is 42.9 Å². The number of aliphatic hydroxyl groups is 4.